The Morgan fingerprint density at radius 3 is 2.83 bits per heavy atom. The molecule has 3 heterocycles. The van der Waals surface area contributed by atoms with Gasteiger partial charge in [0, 0.05) is 24.7 Å². The van der Waals surface area contributed by atoms with Crippen molar-refractivity contribution in [2.75, 3.05) is 18.0 Å². The second-order valence-corrected chi connectivity index (χ2v) is 8.12. The maximum absolute atomic E-state index is 9.73. The monoisotopic (exact) mass is 383 g/mol. The van der Waals surface area contributed by atoms with Gasteiger partial charge in [-0.05, 0) is 55.7 Å². The molecule has 1 N–H and O–H groups in total. The van der Waals surface area contributed by atoms with Crippen molar-refractivity contribution in [2.24, 2.45) is 0 Å². The van der Waals surface area contributed by atoms with Crippen LogP contribution in [0.25, 0.3) is 11.3 Å². The van der Waals surface area contributed by atoms with Crippen molar-refractivity contribution in [1.29, 1.82) is 5.26 Å². The number of hydrogen-bond acceptors (Lipinski definition) is 4. The third kappa shape index (κ3) is 3.51. The number of rotatable bonds is 3. The van der Waals surface area contributed by atoms with Crippen molar-refractivity contribution in [3.05, 3.63) is 65.2 Å². The minimum Gasteiger partial charge on any atom is -0.355 e. The van der Waals surface area contributed by atoms with Crippen molar-refractivity contribution < 1.29 is 0 Å². The van der Waals surface area contributed by atoms with Gasteiger partial charge in [-0.2, -0.15) is 5.26 Å². The van der Waals surface area contributed by atoms with Gasteiger partial charge in [0.25, 0.3) is 0 Å². The smallest absolute Gasteiger partial charge is 0.146 e. The van der Waals surface area contributed by atoms with Crippen LogP contribution >= 0.6 is 0 Å². The standard InChI is InChI=1S/C24H25N5/c25-14-20-13-18-9-4-5-11-21(18)28-24(20)29-12-6-10-19(16-29)23-26-15-22(27-23)17-7-2-1-3-8-17/h1-3,7-8,13,15,19H,4-6,9-12,16H2,(H,26,27). The lowest BCUT2D eigenvalue weighted by molar-refractivity contribution is 0.490. The summed E-state index contributed by atoms with van der Waals surface area (Å²) in [6, 6.07) is 14.8. The minimum atomic E-state index is 0.325. The van der Waals surface area contributed by atoms with Crippen LogP contribution in [-0.4, -0.2) is 28.0 Å². The first-order valence-electron chi connectivity index (χ1n) is 10.6. The van der Waals surface area contributed by atoms with Crippen LogP contribution in [0.1, 0.15) is 54.2 Å². The molecule has 2 aromatic heterocycles. The SMILES string of the molecule is N#Cc1cc2c(nc1N1CCCC(c3ncc(-c4ccccc4)[nH]3)C1)CCCC2. The highest BCUT2D eigenvalue weighted by Gasteiger charge is 2.27. The number of aryl methyl sites for hydroxylation is 2. The van der Waals surface area contributed by atoms with Gasteiger partial charge in [-0.15, -0.1) is 0 Å². The lowest BCUT2D eigenvalue weighted by atomic mass is 9.93. The number of nitrogens with one attached hydrogen (secondary N) is 1. The average Bonchev–Trinajstić information content (AvgIpc) is 3.29. The van der Waals surface area contributed by atoms with E-state index >= 15 is 0 Å². The molecule has 5 nitrogen and oxygen atoms in total. The fourth-order valence-corrected chi connectivity index (χ4v) is 4.65. The zero-order chi connectivity index (χ0) is 19.6. The van der Waals surface area contributed by atoms with Gasteiger partial charge < -0.3 is 9.88 Å². The summed E-state index contributed by atoms with van der Waals surface area (Å²) in [5.74, 6) is 2.23. The summed E-state index contributed by atoms with van der Waals surface area (Å²) in [5, 5.41) is 9.73. The molecule has 1 aromatic carbocycles. The lowest BCUT2D eigenvalue weighted by Gasteiger charge is -2.34. The van der Waals surface area contributed by atoms with E-state index in [9.17, 15) is 5.26 Å². The van der Waals surface area contributed by atoms with Crippen molar-refractivity contribution >= 4 is 5.82 Å². The van der Waals surface area contributed by atoms with E-state index in [1.807, 2.05) is 24.4 Å². The van der Waals surface area contributed by atoms with Crippen LogP contribution in [0.4, 0.5) is 5.82 Å². The number of aromatic nitrogens is 3. The fraction of sp³-hybridized carbons (Fsp3) is 0.375. The van der Waals surface area contributed by atoms with Crippen molar-refractivity contribution in [1.82, 2.24) is 15.0 Å². The van der Waals surface area contributed by atoms with Gasteiger partial charge in [0.2, 0.25) is 0 Å². The van der Waals surface area contributed by atoms with Crippen molar-refractivity contribution in [3.63, 3.8) is 0 Å². The summed E-state index contributed by atoms with van der Waals surface area (Å²) < 4.78 is 0. The summed E-state index contributed by atoms with van der Waals surface area (Å²) in [5.41, 5.74) is 5.39. The average molecular weight is 383 g/mol. The number of H-pyrrole nitrogens is 1. The molecule has 29 heavy (non-hydrogen) atoms. The number of benzene rings is 1. The maximum atomic E-state index is 9.73. The Labute approximate surface area is 171 Å². The van der Waals surface area contributed by atoms with Gasteiger partial charge in [-0.3, -0.25) is 0 Å². The number of anilines is 1. The molecular formula is C24H25N5. The maximum Gasteiger partial charge on any atom is 0.146 e. The second kappa shape index (κ2) is 7.71. The predicted molar refractivity (Wildman–Crippen MR) is 114 cm³/mol. The Balaban J connectivity index is 1.40. The molecule has 146 valence electrons. The van der Waals surface area contributed by atoms with Gasteiger partial charge in [0.15, 0.2) is 0 Å². The van der Waals surface area contributed by atoms with Crippen molar-refractivity contribution in [2.45, 2.75) is 44.4 Å². The van der Waals surface area contributed by atoms with E-state index in [4.69, 9.17) is 4.98 Å². The number of hydrogen-bond donors (Lipinski definition) is 1. The Bertz CT molecular complexity index is 1050. The van der Waals surface area contributed by atoms with E-state index in [0.717, 1.165) is 67.2 Å². The van der Waals surface area contributed by atoms with Gasteiger partial charge in [0.1, 0.15) is 17.7 Å². The van der Waals surface area contributed by atoms with Crippen LogP contribution in [0, 0.1) is 11.3 Å². The number of pyridine rings is 1. The van der Waals surface area contributed by atoms with Crippen LogP contribution < -0.4 is 4.90 Å². The molecule has 1 aliphatic carbocycles. The molecule has 0 amide bonds. The van der Waals surface area contributed by atoms with E-state index in [2.05, 4.69) is 39.1 Å². The zero-order valence-electron chi connectivity index (χ0n) is 16.6. The topological polar surface area (TPSA) is 68.6 Å². The van der Waals surface area contributed by atoms with Gasteiger partial charge in [-0.25, -0.2) is 9.97 Å². The molecule has 1 unspecified atom stereocenters. The van der Waals surface area contributed by atoms with Crippen LogP contribution in [0.3, 0.4) is 0 Å². The van der Waals surface area contributed by atoms with Crippen LogP contribution in [-0.2, 0) is 12.8 Å². The molecule has 5 rings (SSSR count). The Kier molecular flexibility index (Phi) is 4.77. The van der Waals surface area contributed by atoms with Crippen LogP contribution in [0.15, 0.2) is 42.6 Å². The molecule has 5 heteroatoms. The number of fused-ring (bicyclic) bond motifs is 1. The molecule has 2 aliphatic rings. The van der Waals surface area contributed by atoms with E-state index < -0.39 is 0 Å². The summed E-state index contributed by atoms with van der Waals surface area (Å²) in [4.78, 5) is 15.5. The molecule has 1 saturated heterocycles. The largest absolute Gasteiger partial charge is 0.355 e. The number of aromatic amines is 1. The molecule has 0 spiro atoms. The summed E-state index contributed by atoms with van der Waals surface area (Å²) in [6.07, 6.45) is 8.59. The first-order chi connectivity index (χ1) is 14.3. The predicted octanol–water partition coefficient (Wildman–Crippen LogP) is 4.61. The minimum absolute atomic E-state index is 0.325. The highest BCUT2D eigenvalue weighted by Crippen LogP contribution is 2.32. The molecule has 1 atom stereocenters. The fourth-order valence-electron chi connectivity index (χ4n) is 4.65. The molecule has 0 saturated carbocycles. The highest BCUT2D eigenvalue weighted by molar-refractivity contribution is 5.59. The summed E-state index contributed by atoms with van der Waals surface area (Å²) in [6.45, 7) is 1.80. The third-order valence-electron chi connectivity index (χ3n) is 6.19. The molecule has 0 radical (unpaired) electrons. The quantitative estimate of drug-likeness (QED) is 0.717. The van der Waals surface area contributed by atoms with E-state index in [1.54, 1.807) is 0 Å². The Hall–Kier alpha value is -3.13. The van der Waals surface area contributed by atoms with Gasteiger partial charge in [0.05, 0.1) is 17.5 Å². The van der Waals surface area contributed by atoms with E-state index in [-0.39, 0.29) is 0 Å². The molecule has 1 fully saturated rings. The number of nitrogens with zero attached hydrogens (tertiary/aromatic N) is 4. The molecule has 1 aliphatic heterocycles. The molecular weight excluding hydrogens is 358 g/mol. The zero-order valence-corrected chi connectivity index (χ0v) is 16.6. The van der Waals surface area contributed by atoms with Gasteiger partial charge in [-0.1, -0.05) is 30.3 Å². The first kappa shape index (κ1) is 17.9. The summed E-state index contributed by atoms with van der Waals surface area (Å²) in [7, 11) is 0. The normalized spacial score (nSPS) is 18.9. The number of piperidine rings is 1. The van der Waals surface area contributed by atoms with Crippen molar-refractivity contribution in [3.8, 4) is 17.3 Å². The summed E-state index contributed by atoms with van der Waals surface area (Å²) >= 11 is 0. The first-order valence-corrected chi connectivity index (χ1v) is 10.6. The lowest BCUT2D eigenvalue weighted by Crippen LogP contribution is -2.36. The van der Waals surface area contributed by atoms with Crippen LogP contribution in [0.2, 0.25) is 0 Å². The Morgan fingerprint density at radius 1 is 1.10 bits per heavy atom. The van der Waals surface area contributed by atoms with Gasteiger partial charge >= 0.3 is 0 Å². The third-order valence-corrected chi connectivity index (χ3v) is 6.19. The second-order valence-electron chi connectivity index (χ2n) is 8.12. The number of imidazole rings is 1. The Morgan fingerprint density at radius 2 is 1.97 bits per heavy atom. The molecule has 0 bridgehead atoms. The van der Waals surface area contributed by atoms with E-state index in [1.165, 1.54) is 24.1 Å². The highest BCUT2D eigenvalue weighted by atomic mass is 15.2. The van der Waals surface area contributed by atoms with Crippen LogP contribution in [0.5, 0.6) is 0 Å². The van der Waals surface area contributed by atoms with E-state index in [0.29, 0.717) is 5.92 Å². The number of nitriles is 1. The molecule has 3 aromatic rings.